The number of H-pyrrole nitrogens is 1. The molecular weight excluding hydrogens is 276 g/mol. The Labute approximate surface area is 121 Å². The van der Waals surface area contributed by atoms with Gasteiger partial charge >= 0.3 is 0 Å². The fraction of sp³-hybridized carbons (Fsp3) is 0.615. The molecule has 8 nitrogen and oxygen atoms in total. The van der Waals surface area contributed by atoms with Crippen molar-refractivity contribution in [1.29, 1.82) is 0 Å². The minimum absolute atomic E-state index is 0.0979. The normalized spacial score (nSPS) is 26.7. The Bertz CT molecular complexity index is 555. The van der Waals surface area contributed by atoms with E-state index in [0.29, 0.717) is 26.4 Å². The number of hydrogen-bond donors (Lipinski definition) is 2. The highest BCUT2D eigenvalue weighted by atomic mass is 16.5. The molecule has 1 amide bonds. The zero-order chi connectivity index (χ0) is 14.7. The zero-order valence-electron chi connectivity index (χ0n) is 11.6. The molecule has 2 atom stereocenters. The molecule has 2 aliphatic heterocycles. The number of ether oxygens (including phenoxy) is 2. The lowest BCUT2D eigenvalue weighted by Crippen LogP contribution is -2.54. The van der Waals surface area contributed by atoms with Crippen molar-refractivity contribution in [3.8, 4) is 0 Å². The first-order valence-corrected chi connectivity index (χ1v) is 6.99. The number of morpholine rings is 1. The Balaban J connectivity index is 1.65. The highest BCUT2D eigenvalue weighted by Gasteiger charge is 2.35. The maximum absolute atomic E-state index is 12.2. The first-order chi connectivity index (χ1) is 10.2. The fourth-order valence-electron chi connectivity index (χ4n) is 2.69. The van der Waals surface area contributed by atoms with E-state index in [2.05, 4.69) is 20.2 Å². The molecule has 2 fully saturated rings. The van der Waals surface area contributed by atoms with Gasteiger partial charge < -0.3 is 19.8 Å². The Morgan fingerprint density at radius 1 is 1.29 bits per heavy atom. The Morgan fingerprint density at radius 2 is 2.10 bits per heavy atom. The van der Waals surface area contributed by atoms with Gasteiger partial charge in [0.1, 0.15) is 5.69 Å². The molecule has 8 heteroatoms. The van der Waals surface area contributed by atoms with Crippen molar-refractivity contribution in [2.24, 2.45) is 0 Å². The Kier molecular flexibility index (Phi) is 4.28. The number of amides is 1. The third-order valence-electron chi connectivity index (χ3n) is 3.78. The van der Waals surface area contributed by atoms with Crippen LogP contribution in [0, 0.1) is 0 Å². The van der Waals surface area contributed by atoms with Gasteiger partial charge in [-0.3, -0.25) is 19.5 Å². The first kappa shape index (κ1) is 14.2. The minimum Gasteiger partial charge on any atom is -0.379 e. The van der Waals surface area contributed by atoms with Gasteiger partial charge in [0, 0.05) is 13.1 Å². The monoisotopic (exact) mass is 294 g/mol. The van der Waals surface area contributed by atoms with Gasteiger partial charge in [0.15, 0.2) is 0 Å². The van der Waals surface area contributed by atoms with Crippen molar-refractivity contribution >= 4 is 5.91 Å². The number of rotatable bonds is 3. The fourth-order valence-corrected chi connectivity index (χ4v) is 2.69. The molecule has 0 aromatic carbocycles. The van der Waals surface area contributed by atoms with E-state index in [4.69, 9.17) is 9.47 Å². The Hall–Kier alpha value is -1.77. The molecule has 2 aliphatic rings. The van der Waals surface area contributed by atoms with Crippen molar-refractivity contribution in [1.82, 2.24) is 20.2 Å². The summed E-state index contributed by atoms with van der Waals surface area (Å²) in [6.07, 6.45) is 2.47. The Morgan fingerprint density at radius 3 is 2.86 bits per heavy atom. The van der Waals surface area contributed by atoms with Crippen LogP contribution in [0.2, 0.25) is 0 Å². The molecule has 1 aromatic rings. The van der Waals surface area contributed by atoms with E-state index >= 15 is 0 Å². The lowest BCUT2D eigenvalue weighted by atomic mass is 10.1. The van der Waals surface area contributed by atoms with Crippen LogP contribution in [0.3, 0.4) is 0 Å². The molecule has 114 valence electrons. The number of aromatic nitrogens is 2. The summed E-state index contributed by atoms with van der Waals surface area (Å²) in [4.78, 5) is 31.8. The summed E-state index contributed by atoms with van der Waals surface area (Å²) >= 11 is 0. The van der Waals surface area contributed by atoms with E-state index in [0.717, 1.165) is 19.3 Å². The second-order valence-electron chi connectivity index (χ2n) is 5.14. The van der Waals surface area contributed by atoms with Crippen LogP contribution in [0.5, 0.6) is 0 Å². The van der Waals surface area contributed by atoms with E-state index in [9.17, 15) is 9.59 Å². The van der Waals surface area contributed by atoms with Crippen molar-refractivity contribution in [3.63, 3.8) is 0 Å². The van der Waals surface area contributed by atoms with Gasteiger partial charge in [0.05, 0.1) is 50.9 Å². The molecule has 1 aromatic heterocycles. The van der Waals surface area contributed by atoms with Crippen LogP contribution in [-0.2, 0) is 9.47 Å². The number of aromatic amines is 1. The van der Waals surface area contributed by atoms with Crippen LogP contribution in [0.25, 0.3) is 0 Å². The number of hydrogen-bond acceptors (Lipinski definition) is 6. The number of nitrogens with one attached hydrogen (secondary N) is 2. The third-order valence-corrected chi connectivity index (χ3v) is 3.78. The van der Waals surface area contributed by atoms with Gasteiger partial charge in [0.25, 0.3) is 11.5 Å². The minimum atomic E-state index is -0.393. The molecular formula is C13H18N4O4. The smallest absolute Gasteiger partial charge is 0.269 e. The van der Waals surface area contributed by atoms with Crippen LogP contribution < -0.4 is 10.9 Å². The first-order valence-electron chi connectivity index (χ1n) is 6.99. The van der Waals surface area contributed by atoms with Crippen LogP contribution in [0.4, 0.5) is 0 Å². The SMILES string of the molecule is O=C(N[C@H]1COC[C@@H]1N1CCOCC1)c1cncc(=O)[nH]1. The average molecular weight is 294 g/mol. The van der Waals surface area contributed by atoms with Gasteiger partial charge in [-0.15, -0.1) is 0 Å². The molecule has 0 unspecified atom stereocenters. The number of carbonyl (C=O) groups is 1. The maximum atomic E-state index is 12.2. The number of nitrogens with zero attached hydrogens (tertiary/aromatic N) is 2. The van der Waals surface area contributed by atoms with Gasteiger partial charge in [0.2, 0.25) is 0 Å². The van der Waals surface area contributed by atoms with E-state index in [1.54, 1.807) is 0 Å². The van der Waals surface area contributed by atoms with Crippen LogP contribution in [-0.4, -0.2) is 72.4 Å². The molecule has 0 saturated carbocycles. The van der Waals surface area contributed by atoms with E-state index < -0.39 is 5.56 Å². The third kappa shape index (κ3) is 3.29. The maximum Gasteiger partial charge on any atom is 0.269 e. The molecule has 3 heterocycles. The second-order valence-corrected chi connectivity index (χ2v) is 5.14. The predicted octanol–water partition coefficient (Wildman–Crippen LogP) is -1.40. The van der Waals surface area contributed by atoms with E-state index in [1.165, 1.54) is 6.20 Å². The highest BCUT2D eigenvalue weighted by molar-refractivity contribution is 5.92. The zero-order valence-corrected chi connectivity index (χ0v) is 11.6. The van der Waals surface area contributed by atoms with Gasteiger partial charge in [-0.25, -0.2) is 0 Å². The lowest BCUT2D eigenvalue weighted by molar-refractivity contribution is 0.0108. The van der Waals surface area contributed by atoms with Crippen molar-refractivity contribution < 1.29 is 14.3 Å². The van der Waals surface area contributed by atoms with Crippen LogP contribution >= 0.6 is 0 Å². The molecule has 3 rings (SSSR count). The van der Waals surface area contributed by atoms with E-state index in [1.807, 2.05) is 0 Å². The summed E-state index contributed by atoms with van der Waals surface area (Å²) in [5.74, 6) is -0.339. The molecule has 0 bridgehead atoms. The van der Waals surface area contributed by atoms with Crippen LogP contribution in [0.1, 0.15) is 10.5 Å². The molecule has 2 N–H and O–H groups in total. The van der Waals surface area contributed by atoms with Gasteiger partial charge in [-0.05, 0) is 0 Å². The standard InChI is InChI=1S/C13H18N4O4/c18-12-6-14-5-9(15-12)13(19)16-10-7-21-8-11(10)17-1-3-20-4-2-17/h5-6,10-11H,1-4,7-8H2,(H,15,18)(H,16,19)/t10-,11-/m0/s1. The van der Waals surface area contributed by atoms with Crippen LogP contribution in [0.15, 0.2) is 17.2 Å². The molecule has 0 aliphatic carbocycles. The predicted molar refractivity (Wildman–Crippen MR) is 73.1 cm³/mol. The van der Waals surface area contributed by atoms with E-state index in [-0.39, 0.29) is 23.7 Å². The molecule has 2 saturated heterocycles. The molecule has 0 spiro atoms. The topological polar surface area (TPSA) is 96.5 Å². The second kappa shape index (κ2) is 6.33. The summed E-state index contributed by atoms with van der Waals surface area (Å²) in [5.41, 5.74) is -0.231. The number of carbonyl (C=O) groups excluding carboxylic acids is 1. The summed E-state index contributed by atoms with van der Waals surface area (Å²) < 4.78 is 10.8. The average Bonchev–Trinajstić information content (AvgIpc) is 2.96. The molecule has 21 heavy (non-hydrogen) atoms. The summed E-state index contributed by atoms with van der Waals surface area (Å²) in [7, 11) is 0. The largest absolute Gasteiger partial charge is 0.379 e. The van der Waals surface area contributed by atoms with Gasteiger partial charge in [-0.1, -0.05) is 0 Å². The highest BCUT2D eigenvalue weighted by Crippen LogP contribution is 2.15. The lowest BCUT2D eigenvalue weighted by Gasteiger charge is -2.34. The summed E-state index contributed by atoms with van der Waals surface area (Å²) in [5, 5.41) is 2.91. The molecule has 0 radical (unpaired) electrons. The van der Waals surface area contributed by atoms with Gasteiger partial charge in [-0.2, -0.15) is 0 Å². The summed E-state index contributed by atoms with van der Waals surface area (Å²) in [6.45, 7) is 4.14. The van der Waals surface area contributed by atoms with Crippen molar-refractivity contribution in [2.75, 3.05) is 39.5 Å². The van der Waals surface area contributed by atoms with Crippen molar-refractivity contribution in [2.45, 2.75) is 12.1 Å². The quantitative estimate of drug-likeness (QED) is 0.712. The summed E-state index contributed by atoms with van der Waals surface area (Å²) in [6, 6.07) is 0.0422. The van der Waals surface area contributed by atoms with Crippen molar-refractivity contribution in [3.05, 3.63) is 28.4 Å².